The van der Waals surface area contributed by atoms with Crippen molar-refractivity contribution in [2.75, 3.05) is 0 Å². The summed E-state index contributed by atoms with van der Waals surface area (Å²) in [4.78, 5) is 15.9. The monoisotopic (exact) mass is 338 g/mol. The van der Waals surface area contributed by atoms with Crippen molar-refractivity contribution >= 4 is 5.91 Å². The number of ether oxygens (including phenoxy) is 1. The van der Waals surface area contributed by atoms with Crippen LogP contribution in [-0.4, -0.2) is 10.9 Å². The number of hydrogen-bond donors (Lipinski definition) is 1. The van der Waals surface area contributed by atoms with E-state index in [1.54, 1.807) is 36.7 Å². The molecule has 2 heterocycles. The van der Waals surface area contributed by atoms with E-state index in [0.29, 0.717) is 29.2 Å². The third-order valence-corrected chi connectivity index (χ3v) is 3.99. The number of nitrogens with zero attached hydrogens (tertiary/aromatic N) is 1. The number of aromatic nitrogens is 1. The van der Waals surface area contributed by atoms with Crippen LogP contribution in [0.4, 0.5) is 8.78 Å². The first-order valence-corrected chi connectivity index (χ1v) is 7.60. The Kier molecular flexibility index (Phi) is 3.65. The summed E-state index contributed by atoms with van der Waals surface area (Å²) in [5.74, 6) is -0.716. The Balaban J connectivity index is 1.88. The average Bonchev–Trinajstić information content (AvgIpc) is 2.96. The lowest BCUT2D eigenvalue weighted by atomic mass is 9.98. The smallest absolute Gasteiger partial charge is 0.251 e. The zero-order valence-electron chi connectivity index (χ0n) is 12.9. The van der Waals surface area contributed by atoms with Gasteiger partial charge < -0.3 is 10.1 Å². The van der Waals surface area contributed by atoms with E-state index >= 15 is 0 Å². The van der Waals surface area contributed by atoms with Gasteiger partial charge in [0.15, 0.2) is 0 Å². The highest BCUT2D eigenvalue weighted by Gasteiger charge is 2.23. The van der Waals surface area contributed by atoms with E-state index in [1.165, 1.54) is 12.1 Å². The first-order valence-electron chi connectivity index (χ1n) is 7.60. The molecular formula is C19H12F2N2O2. The van der Waals surface area contributed by atoms with Crippen LogP contribution < -0.4 is 10.1 Å². The van der Waals surface area contributed by atoms with Gasteiger partial charge in [-0.1, -0.05) is 0 Å². The van der Waals surface area contributed by atoms with Crippen LogP contribution in [0.25, 0.3) is 11.1 Å². The molecule has 1 aromatic heterocycles. The minimum atomic E-state index is -0.724. The molecule has 2 aromatic carbocycles. The molecule has 3 aromatic rings. The van der Waals surface area contributed by atoms with Gasteiger partial charge >= 0.3 is 0 Å². The summed E-state index contributed by atoms with van der Waals surface area (Å²) in [5.41, 5.74) is 1.76. The van der Waals surface area contributed by atoms with Crippen molar-refractivity contribution < 1.29 is 18.3 Å². The summed E-state index contributed by atoms with van der Waals surface area (Å²) in [7, 11) is 0. The summed E-state index contributed by atoms with van der Waals surface area (Å²) in [5, 5.41) is 2.72. The van der Waals surface area contributed by atoms with Crippen molar-refractivity contribution in [1.29, 1.82) is 0 Å². The van der Waals surface area contributed by atoms with Gasteiger partial charge in [-0.2, -0.15) is 0 Å². The van der Waals surface area contributed by atoms with Gasteiger partial charge in [0.1, 0.15) is 23.1 Å². The van der Waals surface area contributed by atoms with E-state index < -0.39 is 11.6 Å². The van der Waals surface area contributed by atoms with Crippen molar-refractivity contribution in [2.45, 2.75) is 6.54 Å². The molecule has 0 unspecified atom stereocenters. The fourth-order valence-corrected chi connectivity index (χ4v) is 2.79. The lowest BCUT2D eigenvalue weighted by Gasteiger charge is -2.14. The maximum atomic E-state index is 14.3. The third kappa shape index (κ3) is 2.82. The second-order valence-electron chi connectivity index (χ2n) is 5.60. The number of fused-ring (bicyclic) bond motifs is 1. The Bertz CT molecular complexity index is 975. The fourth-order valence-electron chi connectivity index (χ4n) is 2.79. The van der Waals surface area contributed by atoms with Crippen molar-refractivity contribution in [3.8, 4) is 22.6 Å². The van der Waals surface area contributed by atoms with Gasteiger partial charge in [0.05, 0.1) is 0 Å². The van der Waals surface area contributed by atoms with Crippen LogP contribution in [-0.2, 0) is 6.54 Å². The van der Waals surface area contributed by atoms with E-state index in [4.69, 9.17) is 4.74 Å². The molecule has 1 aliphatic heterocycles. The Hall–Kier alpha value is -3.28. The molecule has 4 nitrogen and oxygen atoms in total. The quantitative estimate of drug-likeness (QED) is 0.783. The topological polar surface area (TPSA) is 51.2 Å². The van der Waals surface area contributed by atoms with Gasteiger partial charge in [0.25, 0.3) is 5.91 Å². The van der Waals surface area contributed by atoms with Crippen molar-refractivity contribution in [3.63, 3.8) is 0 Å². The number of carbonyl (C=O) groups excluding carboxylic acids is 1. The molecule has 6 heteroatoms. The fraction of sp³-hybridized carbons (Fsp3) is 0.0526. The predicted octanol–water partition coefficient (Wildman–Crippen LogP) is 4.06. The summed E-state index contributed by atoms with van der Waals surface area (Å²) in [6.45, 7) is 0.382. The van der Waals surface area contributed by atoms with E-state index in [0.717, 1.165) is 11.6 Å². The van der Waals surface area contributed by atoms with Crippen LogP contribution in [0.3, 0.4) is 0 Å². The highest BCUT2D eigenvalue weighted by Crippen LogP contribution is 2.38. The van der Waals surface area contributed by atoms with Gasteiger partial charge in [-0.05, 0) is 42.0 Å². The highest BCUT2D eigenvalue weighted by molar-refractivity contribution is 6.00. The molecule has 25 heavy (non-hydrogen) atoms. The predicted molar refractivity (Wildman–Crippen MR) is 87.3 cm³/mol. The number of halogens is 2. The van der Waals surface area contributed by atoms with Gasteiger partial charge in [0.2, 0.25) is 0 Å². The first kappa shape index (κ1) is 15.3. The second kappa shape index (κ2) is 5.98. The number of hydrogen-bond acceptors (Lipinski definition) is 3. The van der Waals surface area contributed by atoms with Crippen LogP contribution in [0.15, 0.2) is 54.9 Å². The van der Waals surface area contributed by atoms with Crippen LogP contribution in [0.1, 0.15) is 15.9 Å². The molecular weight excluding hydrogens is 326 g/mol. The Morgan fingerprint density at radius 1 is 0.960 bits per heavy atom. The van der Waals surface area contributed by atoms with Gasteiger partial charge in [0, 0.05) is 41.7 Å². The summed E-state index contributed by atoms with van der Waals surface area (Å²) in [6.07, 6.45) is 3.15. The Morgan fingerprint density at radius 3 is 2.52 bits per heavy atom. The molecule has 0 radical (unpaired) electrons. The normalized spacial score (nSPS) is 12.6. The molecule has 4 rings (SSSR count). The Labute approximate surface area is 142 Å². The molecule has 0 aliphatic carbocycles. The van der Waals surface area contributed by atoms with Gasteiger partial charge in [-0.25, -0.2) is 8.78 Å². The standard InChI is InChI=1S/C19H12F2N2O2/c20-12-1-2-14(17(21)8-12)16-9-15-11(10-23-19(15)24)7-18(16)25-13-3-5-22-6-4-13/h1-9H,10H2,(H,23,24). The maximum absolute atomic E-state index is 14.3. The SMILES string of the molecule is O=C1NCc2cc(Oc3ccncc3)c(-c3ccc(F)cc3F)cc21. The lowest BCUT2D eigenvalue weighted by molar-refractivity contribution is 0.0966. The first-order chi connectivity index (χ1) is 12.1. The largest absolute Gasteiger partial charge is 0.457 e. The van der Waals surface area contributed by atoms with Crippen LogP contribution in [0.2, 0.25) is 0 Å². The van der Waals surface area contributed by atoms with E-state index in [9.17, 15) is 13.6 Å². The second-order valence-corrected chi connectivity index (χ2v) is 5.60. The minimum Gasteiger partial charge on any atom is -0.457 e. The summed E-state index contributed by atoms with van der Waals surface area (Å²) < 4.78 is 33.4. The molecule has 1 aliphatic rings. The summed E-state index contributed by atoms with van der Waals surface area (Å²) >= 11 is 0. The maximum Gasteiger partial charge on any atom is 0.251 e. The number of carbonyl (C=O) groups is 1. The van der Waals surface area contributed by atoms with Crippen molar-refractivity contribution in [1.82, 2.24) is 10.3 Å². The third-order valence-electron chi connectivity index (χ3n) is 3.99. The molecule has 0 saturated carbocycles. The summed E-state index contributed by atoms with van der Waals surface area (Å²) in [6, 6.07) is 9.92. The van der Waals surface area contributed by atoms with Gasteiger partial charge in [-0.3, -0.25) is 9.78 Å². The number of pyridine rings is 1. The zero-order chi connectivity index (χ0) is 17.4. The lowest BCUT2D eigenvalue weighted by Crippen LogP contribution is -2.12. The van der Waals surface area contributed by atoms with E-state index in [1.807, 2.05) is 0 Å². The Morgan fingerprint density at radius 2 is 1.76 bits per heavy atom. The minimum absolute atomic E-state index is 0.160. The van der Waals surface area contributed by atoms with Crippen LogP contribution in [0.5, 0.6) is 11.5 Å². The molecule has 0 saturated heterocycles. The molecule has 124 valence electrons. The molecule has 1 N–H and O–H groups in total. The van der Waals surface area contributed by atoms with Crippen LogP contribution in [0, 0.1) is 11.6 Å². The van der Waals surface area contributed by atoms with Crippen molar-refractivity contribution in [2.24, 2.45) is 0 Å². The molecule has 0 spiro atoms. The number of nitrogens with one attached hydrogen (secondary N) is 1. The molecule has 0 bridgehead atoms. The molecule has 0 atom stereocenters. The van der Waals surface area contributed by atoms with Gasteiger partial charge in [-0.15, -0.1) is 0 Å². The van der Waals surface area contributed by atoms with Crippen LogP contribution >= 0.6 is 0 Å². The molecule has 1 amide bonds. The highest BCUT2D eigenvalue weighted by atomic mass is 19.1. The van der Waals surface area contributed by atoms with Crippen molar-refractivity contribution in [3.05, 3.63) is 77.6 Å². The average molecular weight is 338 g/mol. The van der Waals surface area contributed by atoms with E-state index in [-0.39, 0.29) is 11.5 Å². The number of rotatable bonds is 3. The zero-order valence-corrected chi connectivity index (χ0v) is 12.9. The number of amides is 1. The molecule has 0 fully saturated rings. The van der Waals surface area contributed by atoms with E-state index in [2.05, 4.69) is 10.3 Å². The number of benzene rings is 2.